The Bertz CT molecular complexity index is 1660. The monoisotopic (exact) mass is 520 g/mol. The molecule has 0 bridgehead atoms. The van der Waals surface area contributed by atoms with Crippen molar-refractivity contribution in [2.75, 3.05) is 13.1 Å². The van der Waals surface area contributed by atoms with E-state index < -0.39 is 23.9 Å². The molecular weight excluding hydrogens is 496 g/mol. The molecule has 10 heteroatoms. The average Bonchev–Trinajstić information content (AvgIpc) is 3.69. The van der Waals surface area contributed by atoms with E-state index in [1.165, 1.54) is 0 Å². The third-order valence-corrected chi connectivity index (χ3v) is 7.49. The topological polar surface area (TPSA) is 81.4 Å². The highest BCUT2D eigenvalue weighted by molar-refractivity contribution is 6.05. The number of fused-ring (bicyclic) bond motifs is 3. The van der Waals surface area contributed by atoms with Crippen molar-refractivity contribution in [3.63, 3.8) is 0 Å². The van der Waals surface area contributed by atoms with Crippen LogP contribution in [0.4, 0.5) is 17.6 Å². The Labute approximate surface area is 214 Å². The van der Waals surface area contributed by atoms with Gasteiger partial charge in [-0.05, 0) is 34.2 Å². The number of rotatable bonds is 4. The van der Waals surface area contributed by atoms with Gasteiger partial charge in [0.15, 0.2) is 0 Å². The summed E-state index contributed by atoms with van der Waals surface area (Å²) in [6.07, 6.45) is 1.14. The van der Waals surface area contributed by atoms with E-state index in [1.807, 2.05) is 48.5 Å². The van der Waals surface area contributed by atoms with Crippen LogP contribution in [0.3, 0.4) is 0 Å². The van der Waals surface area contributed by atoms with Crippen LogP contribution >= 0.6 is 0 Å². The Morgan fingerprint density at radius 3 is 2.05 bits per heavy atom. The summed E-state index contributed by atoms with van der Waals surface area (Å²) >= 11 is 0. The van der Waals surface area contributed by atoms with Gasteiger partial charge in [-0.15, -0.1) is 0 Å². The third-order valence-electron chi connectivity index (χ3n) is 7.49. The molecule has 0 spiro atoms. The van der Waals surface area contributed by atoms with E-state index in [-0.39, 0.29) is 25.9 Å². The Morgan fingerprint density at radius 1 is 0.711 bits per heavy atom. The van der Waals surface area contributed by atoms with Crippen molar-refractivity contribution in [2.45, 2.75) is 36.8 Å². The van der Waals surface area contributed by atoms with E-state index in [2.05, 4.69) is 36.6 Å². The third kappa shape index (κ3) is 4.13. The fraction of sp³-hybridized carbons (Fsp3) is 0.286. The summed E-state index contributed by atoms with van der Waals surface area (Å²) in [5, 5.41) is 7.63. The maximum Gasteiger partial charge on any atom is 0.262 e. The number of aromatic amines is 2. The van der Waals surface area contributed by atoms with Crippen LogP contribution in [0, 0.1) is 0 Å². The molecule has 2 fully saturated rings. The first-order valence-electron chi connectivity index (χ1n) is 12.5. The van der Waals surface area contributed by atoms with Crippen LogP contribution in [-0.2, 0) is 0 Å². The molecule has 0 aliphatic carbocycles. The van der Waals surface area contributed by atoms with Crippen LogP contribution in [0.5, 0.6) is 0 Å². The van der Waals surface area contributed by atoms with Gasteiger partial charge < -0.3 is 20.6 Å². The molecule has 2 aromatic heterocycles. The first-order valence-corrected chi connectivity index (χ1v) is 12.5. The Hall–Kier alpha value is -3.76. The number of H-pyrrole nitrogens is 2. The molecule has 3 aromatic carbocycles. The summed E-state index contributed by atoms with van der Waals surface area (Å²) < 4.78 is 54.4. The zero-order valence-corrected chi connectivity index (χ0v) is 20.2. The van der Waals surface area contributed by atoms with Gasteiger partial charge in [0, 0.05) is 18.2 Å². The van der Waals surface area contributed by atoms with Crippen LogP contribution in [0.15, 0.2) is 60.8 Å². The molecule has 2 unspecified atom stereocenters. The van der Waals surface area contributed by atoms with Gasteiger partial charge in [-0.3, -0.25) is 0 Å². The smallest absolute Gasteiger partial charge is 0.262 e. The SMILES string of the molecule is FC1(F)CNC(c2ncc(-c3ccc(-c4ccc5c(ccc6[nH]c(C7CC(F)(F)CN7)nc65)c4)cc3)[nH]2)C1. The van der Waals surface area contributed by atoms with Gasteiger partial charge in [0.05, 0.1) is 48.1 Å². The molecule has 6 nitrogen and oxygen atoms in total. The summed E-state index contributed by atoms with van der Waals surface area (Å²) in [5.41, 5.74) is 5.31. The van der Waals surface area contributed by atoms with Crippen molar-refractivity contribution in [2.24, 2.45) is 0 Å². The van der Waals surface area contributed by atoms with E-state index in [1.54, 1.807) is 6.20 Å². The number of halogens is 4. The molecule has 0 saturated carbocycles. The largest absolute Gasteiger partial charge is 0.341 e. The van der Waals surface area contributed by atoms with Gasteiger partial charge in [-0.25, -0.2) is 27.5 Å². The number of aromatic nitrogens is 4. The second-order valence-electron chi connectivity index (χ2n) is 10.3. The maximum atomic E-state index is 13.7. The number of nitrogens with one attached hydrogen (secondary N) is 4. The van der Waals surface area contributed by atoms with Gasteiger partial charge in [0.25, 0.3) is 11.8 Å². The molecule has 2 atom stereocenters. The Balaban J connectivity index is 1.14. The lowest BCUT2D eigenvalue weighted by Crippen LogP contribution is -2.19. The quantitative estimate of drug-likeness (QED) is 0.216. The van der Waals surface area contributed by atoms with E-state index in [4.69, 9.17) is 0 Å². The van der Waals surface area contributed by atoms with Gasteiger partial charge in [-0.1, -0.05) is 42.5 Å². The summed E-state index contributed by atoms with van der Waals surface area (Å²) in [6.45, 7) is -0.673. The number of hydrogen-bond donors (Lipinski definition) is 4. The molecule has 4 heterocycles. The summed E-state index contributed by atoms with van der Waals surface area (Å²) in [7, 11) is 0. The van der Waals surface area contributed by atoms with E-state index in [9.17, 15) is 17.6 Å². The lowest BCUT2D eigenvalue weighted by Gasteiger charge is -2.07. The van der Waals surface area contributed by atoms with Gasteiger partial charge in [-0.2, -0.15) is 0 Å². The molecule has 2 aliphatic heterocycles. The molecule has 4 N–H and O–H groups in total. The molecule has 0 amide bonds. The number of hydrogen-bond acceptors (Lipinski definition) is 4. The van der Waals surface area contributed by atoms with Crippen LogP contribution in [-0.4, -0.2) is 44.9 Å². The fourth-order valence-electron chi connectivity index (χ4n) is 5.49. The second kappa shape index (κ2) is 8.37. The van der Waals surface area contributed by atoms with Crippen molar-refractivity contribution in [3.8, 4) is 22.4 Å². The highest BCUT2D eigenvalue weighted by Gasteiger charge is 2.41. The molecule has 0 radical (unpaired) electrons. The van der Waals surface area contributed by atoms with Crippen molar-refractivity contribution >= 4 is 21.8 Å². The van der Waals surface area contributed by atoms with E-state index in [0.29, 0.717) is 11.6 Å². The highest BCUT2D eigenvalue weighted by Crippen LogP contribution is 2.36. The molecule has 2 saturated heterocycles. The highest BCUT2D eigenvalue weighted by atomic mass is 19.3. The lowest BCUT2D eigenvalue weighted by molar-refractivity contribution is 0.0201. The number of alkyl halides is 4. The van der Waals surface area contributed by atoms with Gasteiger partial charge in [0.2, 0.25) is 0 Å². The second-order valence-corrected chi connectivity index (χ2v) is 10.3. The summed E-state index contributed by atoms with van der Waals surface area (Å²) in [6, 6.07) is 17.0. The first kappa shape index (κ1) is 23.4. The van der Waals surface area contributed by atoms with E-state index in [0.717, 1.165) is 44.2 Å². The summed E-state index contributed by atoms with van der Waals surface area (Å²) in [5.74, 6) is -4.39. The van der Waals surface area contributed by atoms with E-state index >= 15 is 0 Å². The van der Waals surface area contributed by atoms with Crippen molar-refractivity contribution in [1.29, 1.82) is 0 Å². The molecule has 5 aromatic rings. The molecule has 2 aliphatic rings. The summed E-state index contributed by atoms with van der Waals surface area (Å²) in [4.78, 5) is 15.4. The standard InChI is InChI=1S/C28H24F4N6/c29-27(30)10-21(34-13-27)25-33-12-23(37-25)16-3-1-15(2-4-16)17-5-7-19-18(9-17)6-8-20-24(19)38-26(36-20)22-11-28(31,32)14-35-22/h1-9,12,21-22,34-35H,10-11,13-14H2,(H,33,37)(H,36,38). The fourth-order valence-corrected chi connectivity index (χ4v) is 5.49. The van der Waals surface area contributed by atoms with Crippen LogP contribution in [0.25, 0.3) is 44.2 Å². The minimum atomic E-state index is -2.72. The molecular formula is C28H24F4N6. The zero-order chi connectivity index (χ0) is 26.1. The maximum absolute atomic E-state index is 13.7. The normalized spacial score (nSPS) is 22.5. The Morgan fingerprint density at radius 2 is 1.37 bits per heavy atom. The van der Waals surface area contributed by atoms with Crippen LogP contribution in [0.1, 0.15) is 36.6 Å². The average molecular weight is 521 g/mol. The number of imidazole rings is 2. The van der Waals surface area contributed by atoms with Crippen LogP contribution < -0.4 is 10.6 Å². The zero-order valence-electron chi connectivity index (χ0n) is 20.2. The molecule has 7 rings (SSSR count). The van der Waals surface area contributed by atoms with Crippen molar-refractivity contribution in [3.05, 3.63) is 72.4 Å². The van der Waals surface area contributed by atoms with Crippen LogP contribution in [0.2, 0.25) is 0 Å². The lowest BCUT2D eigenvalue weighted by atomic mass is 9.99. The number of nitrogens with zero attached hydrogens (tertiary/aromatic N) is 2. The van der Waals surface area contributed by atoms with Gasteiger partial charge in [0.1, 0.15) is 11.6 Å². The first-order chi connectivity index (χ1) is 18.2. The molecule has 38 heavy (non-hydrogen) atoms. The Kier molecular flexibility index (Phi) is 5.15. The minimum Gasteiger partial charge on any atom is -0.341 e. The number of benzene rings is 3. The van der Waals surface area contributed by atoms with Gasteiger partial charge >= 0.3 is 0 Å². The van der Waals surface area contributed by atoms with Crippen molar-refractivity contribution < 1.29 is 17.6 Å². The van der Waals surface area contributed by atoms with Crippen molar-refractivity contribution in [1.82, 2.24) is 30.6 Å². The predicted molar refractivity (Wildman–Crippen MR) is 137 cm³/mol. The predicted octanol–water partition coefficient (Wildman–Crippen LogP) is 6.11. The molecule has 194 valence electrons. The minimum absolute atomic E-state index is 0.264.